The van der Waals surface area contributed by atoms with Crippen LogP contribution in [0.25, 0.3) is 28.3 Å². The summed E-state index contributed by atoms with van der Waals surface area (Å²) < 4.78 is 26.2. The molecular weight excluding hydrogens is 743 g/mol. The zero-order valence-electron chi connectivity index (χ0n) is 29.8. The highest BCUT2D eigenvalue weighted by Crippen LogP contribution is 2.49. The highest BCUT2D eigenvalue weighted by molar-refractivity contribution is 7.80. The van der Waals surface area contributed by atoms with E-state index < -0.39 is 17.8 Å². The monoisotopic (exact) mass is 777 g/mol. The van der Waals surface area contributed by atoms with Crippen molar-refractivity contribution in [3.63, 3.8) is 0 Å². The van der Waals surface area contributed by atoms with Gasteiger partial charge in [0.15, 0.2) is 28.0 Å². The third kappa shape index (κ3) is 7.52. The fraction of sp³-hybridized carbons (Fsp3) is 0.237. The lowest BCUT2D eigenvalue weighted by Crippen LogP contribution is -2.32. The Balaban J connectivity index is 0.795. The minimum atomic E-state index is -1.13. The summed E-state index contributed by atoms with van der Waals surface area (Å²) in [6, 6.07) is 13.2. The second-order valence-electron chi connectivity index (χ2n) is 12.9. The van der Waals surface area contributed by atoms with Crippen LogP contribution in [0, 0.1) is 5.92 Å². The van der Waals surface area contributed by atoms with Crippen molar-refractivity contribution in [3.8, 4) is 23.1 Å². The molecule has 5 N–H and O–H groups in total. The maximum atomic E-state index is 12.6. The zero-order chi connectivity index (χ0) is 38.8. The number of anilines is 2. The van der Waals surface area contributed by atoms with Crippen LogP contribution in [0.5, 0.6) is 11.5 Å². The smallest absolute Gasteiger partial charge is 0.336 e. The number of furan rings is 1. The molecular formula is C38H35N9O8S. The average molecular weight is 778 g/mol. The number of benzene rings is 2. The number of carbonyl (C=O) groups is 2. The van der Waals surface area contributed by atoms with E-state index in [9.17, 15) is 19.8 Å². The lowest BCUT2D eigenvalue weighted by Gasteiger charge is -2.35. The first-order valence-corrected chi connectivity index (χ1v) is 18.0. The van der Waals surface area contributed by atoms with Gasteiger partial charge >= 0.3 is 5.97 Å². The standard InChI is InChI=1S/C38H35N9O8S/c1-46-20-28-33(44-46)43-37(47-35(28)42-34(45-47)29-3-2-12-54-29)39-10-13-52-15-16-53-14-11-40-38(56)41-21-4-7-24(27(17-21)36(50)51)32-25-8-5-22(48)18-30(25)55-31-19-23(49)6-9-26(31)32/h2-9,12,17-20,25,32,49H,10-11,13-16H2,1H3,(H,50,51)(H,39,43,44)(H2,40,41,56). The minimum absolute atomic E-state index is 0.00829. The Labute approximate surface area is 323 Å². The van der Waals surface area contributed by atoms with E-state index in [1.165, 1.54) is 30.4 Å². The number of fused-ring (bicyclic) bond motifs is 5. The van der Waals surface area contributed by atoms with Crippen molar-refractivity contribution in [1.82, 2.24) is 34.7 Å². The van der Waals surface area contributed by atoms with Crippen LogP contribution < -0.4 is 20.7 Å². The van der Waals surface area contributed by atoms with Crippen LogP contribution in [-0.2, 0) is 21.3 Å². The van der Waals surface area contributed by atoms with E-state index in [0.29, 0.717) is 102 Å². The van der Waals surface area contributed by atoms with Crippen LogP contribution in [0.15, 0.2) is 89.4 Å². The number of aromatic hydroxyl groups is 1. The predicted octanol–water partition coefficient (Wildman–Crippen LogP) is 4.27. The molecule has 4 aromatic heterocycles. The third-order valence-electron chi connectivity index (χ3n) is 9.12. The minimum Gasteiger partial charge on any atom is -0.508 e. The lowest BCUT2D eigenvalue weighted by atomic mass is 9.74. The van der Waals surface area contributed by atoms with E-state index in [4.69, 9.17) is 30.8 Å². The van der Waals surface area contributed by atoms with Crippen LogP contribution >= 0.6 is 12.2 Å². The molecule has 2 aromatic carbocycles. The first-order chi connectivity index (χ1) is 27.2. The number of carboxylic acid groups (broad SMARTS) is 1. The molecule has 1 aliphatic carbocycles. The summed E-state index contributed by atoms with van der Waals surface area (Å²) in [4.78, 5) is 33.9. The van der Waals surface area contributed by atoms with E-state index in [2.05, 4.69) is 36.1 Å². The molecule has 0 spiro atoms. The van der Waals surface area contributed by atoms with Crippen LogP contribution in [0.3, 0.4) is 0 Å². The maximum Gasteiger partial charge on any atom is 0.336 e. The number of phenols is 1. The number of carboxylic acids is 1. The van der Waals surface area contributed by atoms with E-state index in [1.807, 2.05) is 13.2 Å². The van der Waals surface area contributed by atoms with Crippen molar-refractivity contribution < 1.29 is 38.4 Å². The Kier molecular flexibility index (Phi) is 10.1. The number of aromatic nitrogens is 6. The Bertz CT molecular complexity index is 2530. The van der Waals surface area contributed by atoms with Gasteiger partial charge < -0.3 is 44.8 Å². The summed E-state index contributed by atoms with van der Waals surface area (Å²) in [5.74, 6) is -0.0572. The molecule has 56 heavy (non-hydrogen) atoms. The molecule has 0 amide bonds. The fourth-order valence-electron chi connectivity index (χ4n) is 6.68. The van der Waals surface area contributed by atoms with E-state index in [1.54, 1.807) is 51.9 Å². The summed E-state index contributed by atoms with van der Waals surface area (Å²) >= 11 is 5.45. The quantitative estimate of drug-likeness (QED) is 0.0772. The van der Waals surface area contributed by atoms with Gasteiger partial charge in [-0.25, -0.2) is 9.78 Å². The number of phenolic OH excluding ortho intramolecular Hbond substituents is 1. The molecule has 1 aliphatic heterocycles. The van der Waals surface area contributed by atoms with Gasteiger partial charge in [-0.2, -0.15) is 14.6 Å². The number of carbonyl (C=O) groups excluding carboxylic acids is 1. The van der Waals surface area contributed by atoms with Gasteiger partial charge in [-0.3, -0.25) is 9.48 Å². The topological polar surface area (TPSA) is 212 Å². The summed E-state index contributed by atoms with van der Waals surface area (Å²) in [6.07, 6.45) is 7.97. The zero-order valence-corrected chi connectivity index (χ0v) is 30.7. The summed E-state index contributed by atoms with van der Waals surface area (Å²) in [5, 5.41) is 39.8. The van der Waals surface area contributed by atoms with Crippen LogP contribution in [0.4, 0.5) is 11.6 Å². The van der Waals surface area contributed by atoms with Crippen molar-refractivity contribution in [3.05, 3.63) is 102 Å². The average Bonchev–Trinajstić information content (AvgIpc) is 3.95. The van der Waals surface area contributed by atoms with Gasteiger partial charge in [0, 0.05) is 61.6 Å². The molecule has 0 bridgehead atoms. The SMILES string of the molecule is Cn1cc2c(nc(NCCOCCOCCNC(=S)Nc3ccc(C4c5ccc(O)cc5OC5=CC(=O)C=CC54)c(C(=O)O)c3)n3nc(-c4ccco4)nc23)n1. The van der Waals surface area contributed by atoms with Gasteiger partial charge in [-0.1, -0.05) is 18.2 Å². The number of allylic oxidation sites excluding steroid dienone is 3. The van der Waals surface area contributed by atoms with Crippen molar-refractivity contribution >= 4 is 57.4 Å². The number of hydrogen-bond donors (Lipinski definition) is 5. The summed E-state index contributed by atoms with van der Waals surface area (Å²) in [6.45, 7) is 2.32. The Morgan fingerprint density at radius 2 is 1.84 bits per heavy atom. The molecule has 0 saturated carbocycles. The molecule has 0 radical (unpaired) electrons. The van der Waals surface area contributed by atoms with Crippen molar-refractivity contribution in [2.24, 2.45) is 13.0 Å². The lowest BCUT2D eigenvalue weighted by molar-refractivity contribution is -0.110. The first-order valence-electron chi connectivity index (χ1n) is 17.6. The maximum absolute atomic E-state index is 12.6. The molecule has 0 saturated heterocycles. The van der Waals surface area contributed by atoms with E-state index >= 15 is 0 Å². The van der Waals surface area contributed by atoms with Crippen LogP contribution in [0.2, 0.25) is 0 Å². The Morgan fingerprint density at radius 3 is 2.64 bits per heavy atom. The predicted molar refractivity (Wildman–Crippen MR) is 207 cm³/mol. The molecule has 18 heteroatoms. The summed E-state index contributed by atoms with van der Waals surface area (Å²) in [7, 11) is 1.82. The van der Waals surface area contributed by atoms with Gasteiger partial charge in [-0.05, 0) is 54.2 Å². The number of aromatic carboxylic acids is 1. The number of ketones is 1. The molecule has 6 aromatic rings. The third-order valence-corrected chi connectivity index (χ3v) is 9.37. The molecule has 8 rings (SSSR count). The van der Waals surface area contributed by atoms with Crippen molar-refractivity contribution in [2.75, 3.05) is 50.2 Å². The van der Waals surface area contributed by atoms with Crippen LogP contribution in [-0.4, -0.2) is 96.0 Å². The number of rotatable bonds is 14. The molecule has 286 valence electrons. The normalized spacial score (nSPS) is 15.9. The molecule has 2 unspecified atom stereocenters. The second-order valence-corrected chi connectivity index (χ2v) is 13.3. The van der Waals surface area contributed by atoms with E-state index in [0.717, 1.165) is 5.39 Å². The first kappa shape index (κ1) is 36.4. The van der Waals surface area contributed by atoms with Gasteiger partial charge in [0.05, 0.1) is 43.6 Å². The largest absolute Gasteiger partial charge is 0.508 e. The molecule has 5 heterocycles. The van der Waals surface area contributed by atoms with Gasteiger partial charge in [0.25, 0.3) is 0 Å². The van der Waals surface area contributed by atoms with Gasteiger partial charge in [0.1, 0.15) is 17.3 Å². The van der Waals surface area contributed by atoms with Crippen LogP contribution in [0.1, 0.15) is 27.4 Å². The number of hydrogen-bond acceptors (Lipinski definition) is 13. The molecule has 2 atom stereocenters. The van der Waals surface area contributed by atoms with Crippen molar-refractivity contribution in [1.29, 1.82) is 0 Å². The Morgan fingerprint density at radius 1 is 1.02 bits per heavy atom. The van der Waals surface area contributed by atoms with Gasteiger partial charge in [0.2, 0.25) is 11.8 Å². The molecule has 2 aliphatic rings. The number of nitrogens with one attached hydrogen (secondary N) is 3. The van der Waals surface area contributed by atoms with Gasteiger partial charge in [-0.15, -0.1) is 5.10 Å². The fourth-order valence-corrected chi connectivity index (χ4v) is 6.90. The number of ether oxygens (including phenoxy) is 3. The van der Waals surface area contributed by atoms with E-state index in [-0.39, 0.29) is 17.1 Å². The molecule has 0 fully saturated rings. The van der Waals surface area contributed by atoms with Crippen molar-refractivity contribution in [2.45, 2.75) is 5.92 Å². The Hall–Kier alpha value is -6.63. The summed E-state index contributed by atoms with van der Waals surface area (Å²) in [5.41, 5.74) is 2.89. The number of nitrogens with zero attached hydrogens (tertiary/aromatic N) is 6. The number of aryl methyl sites for hydroxylation is 1. The number of thiocarbonyl (C=S) groups is 1. The second kappa shape index (κ2) is 15.6. The molecule has 17 nitrogen and oxygen atoms in total. The highest BCUT2D eigenvalue weighted by Gasteiger charge is 2.38. The highest BCUT2D eigenvalue weighted by atomic mass is 32.1.